The normalized spacial score (nSPS) is 29.6. The minimum atomic E-state index is -0.966. The van der Waals surface area contributed by atoms with E-state index in [9.17, 15) is 14.7 Å². The summed E-state index contributed by atoms with van der Waals surface area (Å²) in [5.74, 6) is 1.62. The third-order valence-electron chi connectivity index (χ3n) is 5.25. The van der Waals surface area contributed by atoms with Gasteiger partial charge in [-0.3, -0.25) is 15.0 Å². The average Bonchev–Trinajstić information content (AvgIpc) is 3.10. The highest BCUT2D eigenvalue weighted by molar-refractivity contribution is 8.01. The third-order valence-corrected chi connectivity index (χ3v) is 8.05. The number of thioether (sulfide) groups is 2. The Hall–Kier alpha value is -1.08. The van der Waals surface area contributed by atoms with Crippen molar-refractivity contribution in [1.82, 2.24) is 24.9 Å². The number of nitrogens with zero attached hydrogens (tertiary/aromatic N) is 4. The molecule has 4 rings (SSSR count). The topological polar surface area (TPSA) is 104 Å². The molecule has 0 saturated carbocycles. The van der Waals surface area contributed by atoms with E-state index < -0.39 is 22.8 Å². The standard InChI is InChI=1S/C16H23N5O4S3/c1-16(2)11(14(23)24)21-12(22)10(13(21)28-16)17-8-20-15(26)25-9(18-20)7-19-3-5-27-6-4-19/h10-11,13,17H,3-8H2,1-2H3,(H,23,24)/t10-,11+,13-/m1/s1. The van der Waals surface area contributed by atoms with E-state index >= 15 is 0 Å². The minimum Gasteiger partial charge on any atom is -0.480 e. The zero-order chi connectivity index (χ0) is 20.1. The molecule has 3 saturated heterocycles. The SMILES string of the molecule is CC1(C)S[C@@H]2[C@H](NCn3nc(CN4CCSCC4)oc3=S)C(=O)N2[C@H]1C(=O)O. The number of hydrogen-bond donors (Lipinski definition) is 2. The fraction of sp³-hybridized carbons (Fsp3) is 0.750. The molecular weight excluding hydrogens is 422 g/mol. The fourth-order valence-corrected chi connectivity index (χ4v) is 6.68. The van der Waals surface area contributed by atoms with E-state index in [1.807, 2.05) is 25.6 Å². The molecule has 1 aromatic rings. The summed E-state index contributed by atoms with van der Waals surface area (Å²) in [6, 6.07) is -1.26. The Morgan fingerprint density at radius 1 is 1.43 bits per heavy atom. The highest BCUT2D eigenvalue weighted by Gasteiger charge is 2.63. The summed E-state index contributed by atoms with van der Waals surface area (Å²) in [5.41, 5.74) is 0. The number of amides is 1. The summed E-state index contributed by atoms with van der Waals surface area (Å²) in [6.07, 6.45) is 0. The number of β-lactam (4-membered cyclic amide) rings is 1. The number of carboxylic acid groups (broad SMARTS) is 1. The van der Waals surface area contributed by atoms with Crippen LogP contribution in [0.25, 0.3) is 0 Å². The van der Waals surface area contributed by atoms with Crippen LogP contribution in [0.15, 0.2) is 4.42 Å². The number of carbonyl (C=O) groups is 2. The van der Waals surface area contributed by atoms with Gasteiger partial charge in [0, 0.05) is 29.3 Å². The van der Waals surface area contributed by atoms with Crippen molar-refractivity contribution >= 4 is 47.6 Å². The molecule has 0 aromatic carbocycles. The predicted octanol–water partition coefficient (Wildman–Crippen LogP) is 0.817. The maximum atomic E-state index is 12.5. The van der Waals surface area contributed by atoms with Crippen molar-refractivity contribution in [2.45, 2.75) is 49.3 Å². The summed E-state index contributed by atoms with van der Waals surface area (Å²) in [7, 11) is 0. The molecule has 9 nitrogen and oxygen atoms in total. The molecule has 3 fully saturated rings. The van der Waals surface area contributed by atoms with Crippen LogP contribution in [-0.2, 0) is 22.8 Å². The van der Waals surface area contributed by atoms with Crippen LogP contribution in [0.4, 0.5) is 0 Å². The van der Waals surface area contributed by atoms with E-state index in [1.165, 1.54) is 16.7 Å². The van der Waals surface area contributed by atoms with Gasteiger partial charge in [0.05, 0.1) is 13.2 Å². The van der Waals surface area contributed by atoms with Crippen molar-refractivity contribution in [3.05, 3.63) is 10.7 Å². The van der Waals surface area contributed by atoms with Gasteiger partial charge >= 0.3 is 5.97 Å². The Morgan fingerprint density at radius 2 is 2.14 bits per heavy atom. The van der Waals surface area contributed by atoms with Gasteiger partial charge < -0.3 is 14.4 Å². The van der Waals surface area contributed by atoms with Crippen molar-refractivity contribution in [2.75, 3.05) is 24.6 Å². The van der Waals surface area contributed by atoms with Crippen molar-refractivity contribution in [1.29, 1.82) is 0 Å². The Labute approximate surface area is 176 Å². The van der Waals surface area contributed by atoms with E-state index in [4.69, 9.17) is 16.6 Å². The molecule has 154 valence electrons. The number of carboxylic acids is 1. The molecule has 0 bridgehead atoms. The van der Waals surface area contributed by atoms with Crippen molar-refractivity contribution in [3.8, 4) is 0 Å². The van der Waals surface area contributed by atoms with Crippen molar-refractivity contribution < 1.29 is 19.1 Å². The number of fused-ring (bicyclic) bond motifs is 1. The number of nitrogens with one attached hydrogen (secondary N) is 1. The first-order chi connectivity index (χ1) is 13.3. The zero-order valence-corrected chi connectivity index (χ0v) is 18.1. The summed E-state index contributed by atoms with van der Waals surface area (Å²) in [5, 5.41) is 16.9. The van der Waals surface area contributed by atoms with Gasteiger partial charge in [-0.2, -0.15) is 11.8 Å². The Kier molecular flexibility index (Phi) is 5.51. The van der Waals surface area contributed by atoms with Crippen LogP contribution in [0, 0.1) is 4.84 Å². The maximum absolute atomic E-state index is 12.5. The van der Waals surface area contributed by atoms with Gasteiger partial charge in [0.15, 0.2) is 0 Å². The van der Waals surface area contributed by atoms with Gasteiger partial charge in [0.25, 0.3) is 4.84 Å². The van der Waals surface area contributed by atoms with E-state index in [-0.39, 0.29) is 22.8 Å². The first kappa shape index (κ1) is 20.2. The largest absolute Gasteiger partial charge is 0.480 e. The second-order valence-electron chi connectivity index (χ2n) is 7.59. The first-order valence-electron chi connectivity index (χ1n) is 9.11. The van der Waals surface area contributed by atoms with E-state index in [2.05, 4.69) is 15.3 Å². The van der Waals surface area contributed by atoms with Gasteiger partial charge in [-0.05, 0) is 26.1 Å². The van der Waals surface area contributed by atoms with Crippen LogP contribution in [-0.4, -0.2) is 83.4 Å². The lowest BCUT2D eigenvalue weighted by molar-refractivity contribution is -0.160. The van der Waals surface area contributed by atoms with Crippen molar-refractivity contribution in [2.24, 2.45) is 0 Å². The van der Waals surface area contributed by atoms with Gasteiger partial charge in [0.1, 0.15) is 17.5 Å². The second kappa shape index (κ2) is 7.63. The molecule has 1 amide bonds. The number of aliphatic carboxylic acids is 1. The molecule has 1 aromatic heterocycles. The first-order valence-corrected chi connectivity index (χ1v) is 11.6. The van der Waals surface area contributed by atoms with Crippen LogP contribution in [0.2, 0.25) is 0 Å². The van der Waals surface area contributed by atoms with Gasteiger partial charge in [-0.15, -0.1) is 16.9 Å². The molecule has 3 aliphatic heterocycles. The molecule has 0 aliphatic carbocycles. The Bertz CT molecular complexity index is 834. The third kappa shape index (κ3) is 3.60. The van der Waals surface area contributed by atoms with E-state index in [0.29, 0.717) is 12.4 Å². The van der Waals surface area contributed by atoms with Crippen LogP contribution >= 0.6 is 35.7 Å². The second-order valence-corrected chi connectivity index (χ2v) is 10.9. The predicted molar refractivity (Wildman–Crippen MR) is 109 cm³/mol. The Balaban J connectivity index is 1.37. The number of aromatic nitrogens is 2. The molecular formula is C16H23N5O4S3. The molecule has 3 atom stereocenters. The summed E-state index contributed by atoms with van der Waals surface area (Å²) < 4.78 is 6.60. The molecule has 0 radical (unpaired) electrons. The van der Waals surface area contributed by atoms with Crippen LogP contribution in [0.1, 0.15) is 19.7 Å². The molecule has 0 unspecified atom stereocenters. The van der Waals surface area contributed by atoms with Crippen LogP contribution < -0.4 is 5.32 Å². The quantitative estimate of drug-likeness (QED) is 0.483. The van der Waals surface area contributed by atoms with Crippen LogP contribution in [0.5, 0.6) is 0 Å². The number of hydrogen-bond acceptors (Lipinski definition) is 9. The lowest BCUT2D eigenvalue weighted by Gasteiger charge is -2.43. The van der Waals surface area contributed by atoms with Gasteiger partial charge in [-0.1, -0.05) is 0 Å². The van der Waals surface area contributed by atoms with Crippen molar-refractivity contribution in [3.63, 3.8) is 0 Å². The number of carbonyl (C=O) groups excluding carboxylic acids is 1. The van der Waals surface area contributed by atoms with Crippen LogP contribution in [0.3, 0.4) is 0 Å². The Morgan fingerprint density at radius 3 is 2.82 bits per heavy atom. The number of rotatable bonds is 6. The average molecular weight is 446 g/mol. The van der Waals surface area contributed by atoms with E-state index in [1.54, 1.807) is 4.68 Å². The molecule has 2 N–H and O–H groups in total. The molecule has 3 aliphatic rings. The molecule has 28 heavy (non-hydrogen) atoms. The lowest BCUT2D eigenvalue weighted by atomic mass is 9.96. The molecule has 0 spiro atoms. The summed E-state index contributed by atoms with van der Waals surface area (Å²) in [6.45, 7) is 6.60. The lowest BCUT2D eigenvalue weighted by Crippen LogP contribution is -2.70. The highest BCUT2D eigenvalue weighted by Crippen LogP contribution is 2.50. The fourth-order valence-electron chi connectivity index (χ4n) is 3.85. The maximum Gasteiger partial charge on any atom is 0.327 e. The molecule has 12 heteroatoms. The minimum absolute atomic E-state index is 0.198. The molecule has 4 heterocycles. The summed E-state index contributed by atoms with van der Waals surface area (Å²) in [4.78, 5) is 28.1. The zero-order valence-electron chi connectivity index (χ0n) is 15.7. The van der Waals surface area contributed by atoms with Gasteiger partial charge in [-0.25, -0.2) is 9.48 Å². The van der Waals surface area contributed by atoms with Gasteiger partial charge in [0.2, 0.25) is 11.8 Å². The monoisotopic (exact) mass is 445 g/mol. The summed E-state index contributed by atoms with van der Waals surface area (Å²) >= 11 is 8.70. The smallest absolute Gasteiger partial charge is 0.327 e. The highest BCUT2D eigenvalue weighted by atomic mass is 32.2. The van der Waals surface area contributed by atoms with E-state index in [0.717, 1.165) is 24.6 Å².